The van der Waals surface area contributed by atoms with Crippen molar-refractivity contribution in [2.24, 2.45) is 0 Å². The van der Waals surface area contributed by atoms with E-state index in [0.717, 1.165) is 19.5 Å². The molecule has 4 nitrogen and oxygen atoms in total. The van der Waals surface area contributed by atoms with E-state index in [1.165, 1.54) is 19.3 Å². The van der Waals surface area contributed by atoms with Crippen molar-refractivity contribution in [2.75, 3.05) is 13.1 Å². The van der Waals surface area contributed by atoms with Crippen LogP contribution in [-0.2, 0) is 4.79 Å². The maximum Gasteiger partial charge on any atom is 0.254 e. The van der Waals surface area contributed by atoms with E-state index in [1.54, 1.807) is 0 Å². The van der Waals surface area contributed by atoms with Crippen molar-refractivity contribution in [3.05, 3.63) is 0 Å². The molecule has 3 atom stereocenters. The van der Waals surface area contributed by atoms with Gasteiger partial charge in [-0.2, -0.15) is 0 Å². The number of nitrogens with one attached hydrogen (secondary N) is 1. The van der Waals surface area contributed by atoms with Crippen LogP contribution < -0.4 is 5.32 Å². The summed E-state index contributed by atoms with van der Waals surface area (Å²) >= 11 is 0. The molecule has 0 spiro atoms. The summed E-state index contributed by atoms with van der Waals surface area (Å²) in [4.78, 5) is 12.3. The maximum atomic E-state index is 12.3. The Morgan fingerprint density at radius 3 is 2.47 bits per heavy atom. The van der Waals surface area contributed by atoms with Crippen LogP contribution in [0.4, 0.5) is 0 Å². The Kier molecular flexibility index (Phi) is 4.05. The van der Waals surface area contributed by atoms with Crippen LogP contribution in [0.1, 0.15) is 46.5 Å². The number of hydrazine groups is 1. The number of carbonyl (C=O) groups is 1. The third kappa shape index (κ3) is 2.47. The van der Waals surface area contributed by atoms with Gasteiger partial charge in [-0.3, -0.25) is 9.80 Å². The summed E-state index contributed by atoms with van der Waals surface area (Å²) in [5.41, 5.74) is 0. The molecule has 0 aliphatic carbocycles. The molecule has 0 aromatic rings. The first-order valence-electron chi connectivity index (χ1n) is 6.98. The lowest BCUT2D eigenvalue weighted by Crippen LogP contribution is -2.56. The molecule has 1 amide bonds. The van der Waals surface area contributed by atoms with Gasteiger partial charge in [-0.05, 0) is 39.7 Å². The van der Waals surface area contributed by atoms with Gasteiger partial charge in [0.15, 0.2) is 0 Å². The van der Waals surface area contributed by atoms with Crippen LogP contribution in [0.3, 0.4) is 0 Å². The molecule has 2 aliphatic rings. The second-order valence-corrected chi connectivity index (χ2v) is 5.37. The van der Waals surface area contributed by atoms with E-state index in [4.69, 9.17) is 0 Å². The van der Waals surface area contributed by atoms with E-state index in [2.05, 4.69) is 31.1 Å². The standard InChI is InChI=1S/C13H25N3O/c1-4-14-12-8-9-15(13(12)17)16-10(2)6-5-7-11(16)3/h10-12,14H,4-9H2,1-3H3. The zero-order valence-corrected chi connectivity index (χ0v) is 11.3. The topological polar surface area (TPSA) is 35.6 Å². The predicted molar refractivity (Wildman–Crippen MR) is 68.4 cm³/mol. The van der Waals surface area contributed by atoms with Gasteiger partial charge in [0.25, 0.3) is 5.91 Å². The van der Waals surface area contributed by atoms with E-state index in [-0.39, 0.29) is 11.9 Å². The van der Waals surface area contributed by atoms with Gasteiger partial charge >= 0.3 is 0 Å². The minimum Gasteiger partial charge on any atom is -0.306 e. The highest BCUT2D eigenvalue weighted by Gasteiger charge is 2.39. The molecule has 17 heavy (non-hydrogen) atoms. The molecule has 98 valence electrons. The first kappa shape index (κ1) is 12.8. The highest BCUT2D eigenvalue weighted by atomic mass is 16.2. The average molecular weight is 239 g/mol. The van der Waals surface area contributed by atoms with Crippen LogP contribution in [0.25, 0.3) is 0 Å². The summed E-state index contributed by atoms with van der Waals surface area (Å²) in [7, 11) is 0. The normalized spacial score (nSPS) is 35.6. The van der Waals surface area contributed by atoms with Gasteiger partial charge in [-0.25, -0.2) is 5.01 Å². The number of nitrogens with zero attached hydrogens (tertiary/aromatic N) is 2. The molecule has 3 unspecified atom stereocenters. The Balaban J connectivity index is 2.04. The third-order valence-corrected chi connectivity index (χ3v) is 4.06. The lowest BCUT2D eigenvalue weighted by atomic mass is 9.99. The predicted octanol–water partition coefficient (Wildman–Crippen LogP) is 1.37. The van der Waals surface area contributed by atoms with Gasteiger partial charge in [0.2, 0.25) is 0 Å². The quantitative estimate of drug-likeness (QED) is 0.808. The van der Waals surface area contributed by atoms with E-state index in [9.17, 15) is 4.79 Å². The van der Waals surface area contributed by atoms with E-state index in [0.29, 0.717) is 12.1 Å². The summed E-state index contributed by atoms with van der Waals surface area (Å²) in [6.45, 7) is 8.29. The highest BCUT2D eigenvalue weighted by Crippen LogP contribution is 2.27. The molecule has 2 heterocycles. The SMILES string of the molecule is CCNC1CCN(N2C(C)CCCC2C)C1=O. The van der Waals surface area contributed by atoms with Gasteiger partial charge in [0.1, 0.15) is 0 Å². The fourth-order valence-electron chi connectivity index (χ4n) is 3.21. The van der Waals surface area contributed by atoms with Gasteiger partial charge in [0, 0.05) is 18.6 Å². The van der Waals surface area contributed by atoms with Gasteiger partial charge in [-0.15, -0.1) is 0 Å². The Labute approximate surface area is 104 Å². The van der Waals surface area contributed by atoms with Gasteiger partial charge < -0.3 is 5.32 Å². The fourth-order valence-corrected chi connectivity index (χ4v) is 3.21. The summed E-state index contributed by atoms with van der Waals surface area (Å²) in [5.74, 6) is 0.271. The molecule has 4 heteroatoms. The first-order chi connectivity index (χ1) is 8.15. The lowest BCUT2D eigenvalue weighted by Gasteiger charge is -2.44. The number of hydrogen-bond acceptors (Lipinski definition) is 3. The van der Waals surface area contributed by atoms with Crippen LogP contribution in [0.2, 0.25) is 0 Å². The van der Waals surface area contributed by atoms with Crippen molar-refractivity contribution in [3.8, 4) is 0 Å². The molecule has 2 aliphatic heterocycles. The summed E-state index contributed by atoms with van der Waals surface area (Å²) < 4.78 is 0. The highest BCUT2D eigenvalue weighted by molar-refractivity contribution is 5.83. The number of rotatable bonds is 3. The van der Waals surface area contributed by atoms with Gasteiger partial charge in [0.05, 0.1) is 6.04 Å². The Hall–Kier alpha value is -0.610. The zero-order chi connectivity index (χ0) is 12.4. The van der Waals surface area contributed by atoms with Gasteiger partial charge in [-0.1, -0.05) is 13.3 Å². The molecular weight excluding hydrogens is 214 g/mol. The number of likely N-dealkylation sites (N-methyl/N-ethyl adjacent to an activating group) is 1. The van der Waals surface area contributed by atoms with Crippen LogP contribution in [0, 0.1) is 0 Å². The second-order valence-electron chi connectivity index (χ2n) is 5.37. The molecule has 2 fully saturated rings. The molecular formula is C13H25N3O. The van der Waals surface area contributed by atoms with Crippen molar-refractivity contribution in [1.29, 1.82) is 0 Å². The molecule has 1 N–H and O–H groups in total. The summed E-state index contributed by atoms with van der Waals surface area (Å²) in [6, 6.07) is 1.05. The third-order valence-electron chi connectivity index (χ3n) is 4.06. The first-order valence-corrected chi connectivity index (χ1v) is 6.98. The second kappa shape index (κ2) is 5.36. The van der Waals surface area contributed by atoms with Crippen molar-refractivity contribution in [1.82, 2.24) is 15.3 Å². The number of hydrogen-bond donors (Lipinski definition) is 1. The molecule has 2 saturated heterocycles. The maximum absolute atomic E-state index is 12.3. The van der Waals surface area contributed by atoms with Crippen molar-refractivity contribution in [2.45, 2.75) is 64.6 Å². The fraction of sp³-hybridized carbons (Fsp3) is 0.923. The van der Waals surface area contributed by atoms with E-state index >= 15 is 0 Å². The minimum absolute atomic E-state index is 0.0429. The Morgan fingerprint density at radius 2 is 1.88 bits per heavy atom. The van der Waals surface area contributed by atoms with Crippen molar-refractivity contribution in [3.63, 3.8) is 0 Å². The van der Waals surface area contributed by atoms with Crippen LogP contribution in [-0.4, -0.2) is 47.1 Å². The number of carbonyl (C=O) groups excluding carboxylic acids is 1. The van der Waals surface area contributed by atoms with Crippen LogP contribution in [0.5, 0.6) is 0 Å². The minimum atomic E-state index is 0.0429. The zero-order valence-electron chi connectivity index (χ0n) is 11.3. The molecule has 0 aromatic heterocycles. The Morgan fingerprint density at radius 1 is 1.24 bits per heavy atom. The molecule has 0 bridgehead atoms. The van der Waals surface area contributed by atoms with E-state index < -0.39 is 0 Å². The number of amides is 1. The van der Waals surface area contributed by atoms with E-state index in [1.807, 2.05) is 5.01 Å². The Bertz CT molecular complexity index is 272. The molecule has 0 radical (unpaired) electrons. The summed E-state index contributed by atoms with van der Waals surface area (Å²) in [6.07, 6.45) is 4.65. The van der Waals surface area contributed by atoms with Crippen molar-refractivity contribution < 1.29 is 4.79 Å². The largest absolute Gasteiger partial charge is 0.306 e. The lowest BCUT2D eigenvalue weighted by molar-refractivity contribution is -0.157. The van der Waals surface area contributed by atoms with Crippen LogP contribution in [0.15, 0.2) is 0 Å². The molecule has 0 saturated carbocycles. The molecule has 0 aromatic carbocycles. The summed E-state index contributed by atoms with van der Waals surface area (Å²) in [5, 5.41) is 7.60. The van der Waals surface area contributed by atoms with Crippen LogP contribution >= 0.6 is 0 Å². The smallest absolute Gasteiger partial charge is 0.254 e. The number of piperidine rings is 1. The average Bonchev–Trinajstić information content (AvgIpc) is 2.62. The van der Waals surface area contributed by atoms with Crippen molar-refractivity contribution >= 4 is 5.91 Å². The monoisotopic (exact) mass is 239 g/mol. The molecule has 2 rings (SSSR count).